The number of amides is 1. The lowest BCUT2D eigenvalue weighted by Crippen LogP contribution is -2.41. The van der Waals surface area contributed by atoms with E-state index in [1.165, 1.54) is 6.07 Å². The highest BCUT2D eigenvalue weighted by Crippen LogP contribution is 2.23. The number of halogens is 1. The average molecular weight is 306 g/mol. The second kappa shape index (κ2) is 8.28. The highest BCUT2D eigenvalue weighted by Gasteiger charge is 2.23. The Kier molecular flexibility index (Phi) is 6.37. The molecule has 22 heavy (non-hydrogen) atoms. The first-order chi connectivity index (χ1) is 10.6. The van der Waals surface area contributed by atoms with Crippen molar-refractivity contribution in [2.75, 3.05) is 20.1 Å². The Bertz CT molecular complexity index is 484. The highest BCUT2D eigenvalue weighted by atomic mass is 19.1. The molecule has 1 aromatic carbocycles. The Labute approximate surface area is 132 Å². The summed E-state index contributed by atoms with van der Waals surface area (Å²) >= 11 is 0. The van der Waals surface area contributed by atoms with Crippen molar-refractivity contribution < 1.29 is 9.18 Å². The molecular weight excluding hydrogens is 279 g/mol. The molecule has 0 bridgehead atoms. The van der Waals surface area contributed by atoms with Crippen molar-refractivity contribution in [1.29, 1.82) is 0 Å². The Hall–Kier alpha value is -1.42. The molecule has 0 saturated carbocycles. The number of piperidine rings is 1. The zero-order valence-corrected chi connectivity index (χ0v) is 13.6. The largest absolute Gasteiger partial charge is 0.359 e. The van der Waals surface area contributed by atoms with Crippen LogP contribution in [0, 0.1) is 11.7 Å². The molecule has 1 aromatic rings. The second-order valence-corrected chi connectivity index (χ2v) is 6.37. The van der Waals surface area contributed by atoms with Crippen LogP contribution in [0.25, 0.3) is 0 Å². The summed E-state index contributed by atoms with van der Waals surface area (Å²) in [6.07, 6.45) is 4.80. The fraction of sp³-hybridized carbons (Fsp3) is 0.611. The van der Waals surface area contributed by atoms with Crippen LogP contribution in [-0.4, -0.2) is 37.0 Å². The number of aryl methyl sites for hydroxylation is 1. The van der Waals surface area contributed by atoms with Gasteiger partial charge >= 0.3 is 0 Å². The predicted octanol–water partition coefficient (Wildman–Crippen LogP) is 2.99. The van der Waals surface area contributed by atoms with Gasteiger partial charge in [-0.15, -0.1) is 0 Å². The Morgan fingerprint density at radius 3 is 2.77 bits per heavy atom. The van der Waals surface area contributed by atoms with Gasteiger partial charge in [-0.3, -0.25) is 4.79 Å². The smallest absolute Gasteiger partial charge is 0.220 e. The van der Waals surface area contributed by atoms with E-state index in [-0.39, 0.29) is 11.7 Å². The van der Waals surface area contributed by atoms with E-state index in [4.69, 9.17) is 0 Å². The number of nitrogens with zero attached hydrogens (tertiary/aromatic N) is 1. The van der Waals surface area contributed by atoms with Gasteiger partial charge in [0.25, 0.3) is 0 Å². The molecule has 1 fully saturated rings. The minimum Gasteiger partial charge on any atom is -0.359 e. The van der Waals surface area contributed by atoms with Gasteiger partial charge in [0.1, 0.15) is 5.82 Å². The second-order valence-electron chi connectivity index (χ2n) is 6.37. The normalized spacial score (nSPS) is 18.1. The van der Waals surface area contributed by atoms with Gasteiger partial charge in [-0.1, -0.05) is 12.1 Å². The molecule has 1 saturated heterocycles. The number of likely N-dealkylation sites (tertiary alicyclic amines) is 1. The van der Waals surface area contributed by atoms with Crippen LogP contribution >= 0.6 is 0 Å². The van der Waals surface area contributed by atoms with Crippen molar-refractivity contribution in [3.8, 4) is 0 Å². The molecule has 1 amide bonds. The van der Waals surface area contributed by atoms with E-state index in [2.05, 4.69) is 17.1 Å². The monoisotopic (exact) mass is 306 g/mol. The zero-order valence-electron chi connectivity index (χ0n) is 13.6. The summed E-state index contributed by atoms with van der Waals surface area (Å²) in [4.78, 5) is 13.9. The van der Waals surface area contributed by atoms with Gasteiger partial charge in [0.2, 0.25) is 5.91 Å². The molecule has 3 nitrogen and oxygen atoms in total. The molecule has 0 aromatic heterocycles. The van der Waals surface area contributed by atoms with E-state index in [9.17, 15) is 9.18 Å². The van der Waals surface area contributed by atoms with Crippen LogP contribution in [0.2, 0.25) is 0 Å². The molecule has 1 aliphatic heterocycles. The SMILES string of the molecule is CNC(=O)CC1CCN([C@@H](C)CCc2cccc(F)c2)CC1. The molecular formula is C18H27FN2O. The summed E-state index contributed by atoms with van der Waals surface area (Å²) in [6.45, 7) is 4.37. The van der Waals surface area contributed by atoms with Crippen LogP contribution in [0.5, 0.6) is 0 Å². The number of rotatable bonds is 6. The molecule has 0 spiro atoms. The number of benzene rings is 1. The summed E-state index contributed by atoms with van der Waals surface area (Å²) in [5.41, 5.74) is 1.07. The lowest BCUT2D eigenvalue weighted by molar-refractivity contribution is -0.121. The van der Waals surface area contributed by atoms with Crippen molar-refractivity contribution in [1.82, 2.24) is 10.2 Å². The van der Waals surface area contributed by atoms with Gasteiger partial charge in [-0.2, -0.15) is 0 Å². The van der Waals surface area contributed by atoms with Crippen LogP contribution in [-0.2, 0) is 11.2 Å². The van der Waals surface area contributed by atoms with Crippen molar-refractivity contribution in [3.05, 3.63) is 35.6 Å². The van der Waals surface area contributed by atoms with Crippen LogP contribution in [0.15, 0.2) is 24.3 Å². The first-order valence-electron chi connectivity index (χ1n) is 8.27. The first-order valence-corrected chi connectivity index (χ1v) is 8.27. The number of carbonyl (C=O) groups is 1. The molecule has 4 heteroatoms. The average Bonchev–Trinajstić information content (AvgIpc) is 2.53. The van der Waals surface area contributed by atoms with Crippen molar-refractivity contribution in [3.63, 3.8) is 0 Å². The van der Waals surface area contributed by atoms with E-state index in [1.54, 1.807) is 19.2 Å². The zero-order chi connectivity index (χ0) is 15.9. The third kappa shape index (κ3) is 5.09. The summed E-state index contributed by atoms with van der Waals surface area (Å²) in [7, 11) is 1.70. The molecule has 2 rings (SSSR count). The van der Waals surface area contributed by atoms with Crippen LogP contribution < -0.4 is 5.32 Å². The maximum absolute atomic E-state index is 13.2. The molecule has 0 unspecified atom stereocenters. The number of hydrogen-bond acceptors (Lipinski definition) is 2. The van der Waals surface area contributed by atoms with E-state index in [0.29, 0.717) is 18.4 Å². The van der Waals surface area contributed by atoms with E-state index in [0.717, 1.165) is 44.3 Å². The molecule has 1 atom stereocenters. The Morgan fingerprint density at radius 2 is 2.14 bits per heavy atom. The number of nitrogens with one attached hydrogen (secondary N) is 1. The minimum absolute atomic E-state index is 0.151. The van der Waals surface area contributed by atoms with Crippen molar-refractivity contribution >= 4 is 5.91 Å². The lowest BCUT2D eigenvalue weighted by Gasteiger charge is -2.36. The summed E-state index contributed by atoms with van der Waals surface area (Å²) < 4.78 is 13.2. The fourth-order valence-corrected chi connectivity index (χ4v) is 3.21. The van der Waals surface area contributed by atoms with Gasteiger partial charge in [0, 0.05) is 19.5 Å². The van der Waals surface area contributed by atoms with E-state index in [1.807, 2.05) is 6.07 Å². The van der Waals surface area contributed by atoms with Gasteiger partial charge in [-0.05, 0) is 69.3 Å². The quantitative estimate of drug-likeness (QED) is 0.876. The van der Waals surface area contributed by atoms with Gasteiger partial charge < -0.3 is 10.2 Å². The summed E-state index contributed by atoms with van der Waals surface area (Å²) in [5.74, 6) is 0.518. The third-order valence-corrected chi connectivity index (χ3v) is 4.77. The third-order valence-electron chi connectivity index (χ3n) is 4.77. The molecule has 0 radical (unpaired) electrons. The minimum atomic E-state index is -0.153. The maximum Gasteiger partial charge on any atom is 0.220 e. The first kappa shape index (κ1) is 16.9. The van der Waals surface area contributed by atoms with E-state index < -0.39 is 0 Å². The number of carbonyl (C=O) groups excluding carboxylic acids is 1. The standard InChI is InChI=1S/C18H27FN2O/c1-14(6-7-15-4-3-5-17(19)12-15)21-10-8-16(9-11-21)13-18(22)20-2/h3-5,12,14,16H,6-11,13H2,1-2H3,(H,20,22)/t14-/m0/s1. The predicted molar refractivity (Wildman–Crippen MR) is 87.2 cm³/mol. The maximum atomic E-state index is 13.2. The van der Waals surface area contributed by atoms with Crippen LogP contribution in [0.3, 0.4) is 0 Å². The fourth-order valence-electron chi connectivity index (χ4n) is 3.21. The Balaban J connectivity index is 1.73. The summed E-state index contributed by atoms with van der Waals surface area (Å²) in [6, 6.07) is 7.39. The summed E-state index contributed by atoms with van der Waals surface area (Å²) in [5, 5.41) is 2.71. The van der Waals surface area contributed by atoms with E-state index >= 15 is 0 Å². The lowest BCUT2D eigenvalue weighted by atomic mass is 9.92. The van der Waals surface area contributed by atoms with Crippen LogP contribution in [0.4, 0.5) is 4.39 Å². The van der Waals surface area contributed by atoms with Crippen molar-refractivity contribution in [2.45, 2.75) is 45.1 Å². The molecule has 1 aliphatic rings. The van der Waals surface area contributed by atoms with Crippen LogP contribution in [0.1, 0.15) is 38.2 Å². The molecule has 1 N–H and O–H groups in total. The number of hydrogen-bond donors (Lipinski definition) is 1. The topological polar surface area (TPSA) is 32.3 Å². The highest BCUT2D eigenvalue weighted by molar-refractivity contribution is 5.75. The van der Waals surface area contributed by atoms with Crippen molar-refractivity contribution in [2.24, 2.45) is 5.92 Å². The van der Waals surface area contributed by atoms with Gasteiger partial charge in [-0.25, -0.2) is 4.39 Å². The van der Waals surface area contributed by atoms with Gasteiger partial charge in [0.15, 0.2) is 0 Å². The van der Waals surface area contributed by atoms with Gasteiger partial charge in [0.05, 0.1) is 0 Å². The Morgan fingerprint density at radius 1 is 1.41 bits per heavy atom. The molecule has 0 aliphatic carbocycles. The molecule has 1 heterocycles. The molecule has 122 valence electrons.